The molecule has 1 atom stereocenters. The van der Waals surface area contributed by atoms with Gasteiger partial charge < -0.3 is 5.11 Å². The van der Waals surface area contributed by atoms with E-state index in [0.29, 0.717) is 13.0 Å². The van der Waals surface area contributed by atoms with E-state index in [-0.39, 0.29) is 21.3 Å². The molecule has 0 radical (unpaired) electrons. The minimum Gasteiger partial charge on any atom is -0.395 e. The zero-order valence-corrected chi connectivity index (χ0v) is 12.1. The van der Waals surface area contributed by atoms with Gasteiger partial charge in [0.15, 0.2) is 8.68 Å². The van der Waals surface area contributed by atoms with E-state index in [2.05, 4.69) is 4.98 Å². The van der Waals surface area contributed by atoms with E-state index in [1.807, 2.05) is 0 Å². The topological polar surface area (TPSA) is 70.5 Å². The third-order valence-corrected chi connectivity index (χ3v) is 6.56. The van der Waals surface area contributed by atoms with E-state index in [1.54, 1.807) is 0 Å². The van der Waals surface area contributed by atoms with E-state index in [4.69, 9.17) is 11.6 Å². The van der Waals surface area contributed by atoms with Gasteiger partial charge in [-0.15, -0.1) is 0 Å². The van der Waals surface area contributed by atoms with Crippen LogP contribution in [0.5, 0.6) is 0 Å². The number of thiazole rings is 1. The maximum absolute atomic E-state index is 12.4. The van der Waals surface area contributed by atoms with E-state index >= 15 is 0 Å². The van der Waals surface area contributed by atoms with Crippen LogP contribution in [0.2, 0.25) is 4.47 Å². The molecule has 0 spiro atoms. The Kier molecular flexibility index (Phi) is 4.60. The Morgan fingerprint density at radius 3 is 2.89 bits per heavy atom. The predicted octanol–water partition coefficient (Wildman–Crippen LogP) is 1.72. The Hall–Kier alpha value is -0.210. The second kappa shape index (κ2) is 5.83. The predicted molar refractivity (Wildman–Crippen MR) is 70.4 cm³/mol. The molecule has 2 heterocycles. The highest BCUT2D eigenvalue weighted by atomic mass is 35.5. The summed E-state index contributed by atoms with van der Waals surface area (Å²) >= 11 is 6.63. The molecule has 8 heteroatoms. The van der Waals surface area contributed by atoms with Crippen LogP contribution in [0, 0.1) is 0 Å². The summed E-state index contributed by atoms with van der Waals surface area (Å²) in [5, 5.41) is 9.36. The molecule has 1 aromatic rings. The summed E-state index contributed by atoms with van der Waals surface area (Å²) in [7, 11) is -3.58. The highest BCUT2D eigenvalue weighted by molar-refractivity contribution is 7.91. The average Bonchev–Trinajstić information content (AvgIpc) is 2.65. The number of hydrogen-bond acceptors (Lipinski definition) is 5. The molecule has 1 saturated heterocycles. The Labute approximate surface area is 115 Å². The molecule has 2 rings (SSSR count). The molecule has 18 heavy (non-hydrogen) atoms. The molecular formula is C10H15ClN2O3S2. The quantitative estimate of drug-likeness (QED) is 0.923. The lowest BCUT2D eigenvalue weighted by atomic mass is 10.1. The molecule has 1 aliphatic rings. The van der Waals surface area contributed by atoms with Gasteiger partial charge in [0.1, 0.15) is 0 Å². The summed E-state index contributed by atoms with van der Waals surface area (Å²) < 4.78 is 26.6. The molecule has 0 amide bonds. The molecular weight excluding hydrogens is 296 g/mol. The van der Waals surface area contributed by atoms with Gasteiger partial charge in [-0.1, -0.05) is 35.8 Å². The van der Waals surface area contributed by atoms with Gasteiger partial charge in [0.05, 0.1) is 12.8 Å². The van der Waals surface area contributed by atoms with Gasteiger partial charge in [-0.2, -0.15) is 4.31 Å². The Balaban J connectivity index is 2.32. The van der Waals surface area contributed by atoms with Crippen molar-refractivity contribution < 1.29 is 13.5 Å². The van der Waals surface area contributed by atoms with Gasteiger partial charge in [0, 0.05) is 12.6 Å². The normalized spacial score (nSPS) is 22.9. The third-order valence-electron chi connectivity index (χ3n) is 3.05. The van der Waals surface area contributed by atoms with Crippen LogP contribution < -0.4 is 0 Å². The third kappa shape index (κ3) is 2.85. The summed E-state index contributed by atoms with van der Waals surface area (Å²) in [6, 6.07) is -0.335. The van der Waals surface area contributed by atoms with Gasteiger partial charge in [0.25, 0.3) is 10.0 Å². The molecule has 1 fully saturated rings. The smallest absolute Gasteiger partial charge is 0.254 e. The summed E-state index contributed by atoms with van der Waals surface area (Å²) in [4.78, 5) is 3.77. The van der Waals surface area contributed by atoms with E-state index in [1.165, 1.54) is 10.5 Å². The Bertz CT molecular complexity index is 503. The number of aliphatic hydroxyl groups is 1. The number of hydrogen-bond donors (Lipinski definition) is 1. The summed E-state index contributed by atoms with van der Waals surface area (Å²) in [5.41, 5.74) is 0. The van der Waals surface area contributed by atoms with Crippen molar-refractivity contribution in [2.75, 3.05) is 13.2 Å². The fourth-order valence-corrected chi connectivity index (χ4v) is 5.23. The summed E-state index contributed by atoms with van der Waals surface area (Å²) in [6.45, 7) is 0.300. The van der Waals surface area contributed by atoms with Crippen molar-refractivity contribution in [2.45, 2.75) is 35.9 Å². The largest absolute Gasteiger partial charge is 0.395 e. The Morgan fingerprint density at radius 2 is 2.28 bits per heavy atom. The van der Waals surface area contributed by atoms with Gasteiger partial charge in [-0.05, 0) is 12.8 Å². The maximum atomic E-state index is 12.4. The van der Waals surface area contributed by atoms with Crippen LogP contribution in [0.25, 0.3) is 0 Å². The number of aliphatic hydroxyl groups excluding tert-OH is 1. The molecule has 0 saturated carbocycles. The second-order valence-corrected chi connectivity index (χ2v) is 7.96. The minimum absolute atomic E-state index is 0.146. The number of nitrogens with zero attached hydrogens (tertiary/aromatic N) is 2. The SMILES string of the molecule is O=S(=O)(c1cnc(Cl)s1)N1CCCCCC1CO. The fourth-order valence-electron chi connectivity index (χ4n) is 2.12. The van der Waals surface area contributed by atoms with Crippen molar-refractivity contribution in [1.29, 1.82) is 0 Å². The molecule has 1 aromatic heterocycles. The van der Waals surface area contributed by atoms with Gasteiger partial charge in [-0.25, -0.2) is 13.4 Å². The van der Waals surface area contributed by atoms with Gasteiger partial charge in [0.2, 0.25) is 0 Å². The summed E-state index contributed by atoms with van der Waals surface area (Å²) in [6.07, 6.45) is 4.73. The van der Waals surface area contributed by atoms with Crippen LogP contribution in [0.4, 0.5) is 0 Å². The van der Waals surface area contributed by atoms with Crippen LogP contribution in [0.3, 0.4) is 0 Å². The first-order chi connectivity index (χ1) is 8.55. The monoisotopic (exact) mass is 310 g/mol. The van der Waals surface area contributed by atoms with Gasteiger partial charge >= 0.3 is 0 Å². The fraction of sp³-hybridized carbons (Fsp3) is 0.700. The Morgan fingerprint density at radius 1 is 1.50 bits per heavy atom. The van der Waals surface area contributed by atoms with Crippen LogP contribution in [0.1, 0.15) is 25.7 Å². The van der Waals surface area contributed by atoms with Crippen molar-refractivity contribution in [2.24, 2.45) is 0 Å². The van der Waals surface area contributed by atoms with Crippen molar-refractivity contribution >= 4 is 33.0 Å². The molecule has 5 nitrogen and oxygen atoms in total. The lowest BCUT2D eigenvalue weighted by Gasteiger charge is -2.26. The second-order valence-electron chi connectivity index (χ2n) is 4.23. The lowest BCUT2D eigenvalue weighted by Crippen LogP contribution is -2.41. The first-order valence-electron chi connectivity index (χ1n) is 5.79. The van der Waals surface area contributed by atoms with Crippen LogP contribution in [-0.2, 0) is 10.0 Å². The highest BCUT2D eigenvalue weighted by Gasteiger charge is 2.33. The molecule has 0 aromatic carbocycles. The average molecular weight is 311 g/mol. The molecule has 0 bridgehead atoms. The molecule has 1 aliphatic heterocycles. The van der Waals surface area contributed by atoms with E-state index in [0.717, 1.165) is 30.6 Å². The number of sulfonamides is 1. The first-order valence-corrected chi connectivity index (χ1v) is 8.43. The first kappa shape index (κ1) is 14.2. The van der Waals surface area contributed by atoms with Crippen molar-refractivity contribution in [3.63, 3.8) is 0 Å². The maximum Gasteiger partial charge on any atom is 0.254 e. The van der Waals surface area contributed by atoms with Crippen molar-refractivity contribution in [1.82, 2.24) is 9.29 Å². The van der Waals surface area contributed by atoms with Crippen LogP contribution >= 0.6 is 22.9 Å². The number of aromatic nitrogens is 1. The minimum atomic E-state index is -3.58. The molecule has 1 unspecified atom stereocenters. The summed E-state index contributed by atoms with van der Waals surface area (Å²) in [5.74, 6) is 0. The van der Waals surface area contributed by atoms with Crippen LogP contribution in [0.15, 0.2) is 10.4 Å². The number of rotatable bonds is 3. The standard InChI is InChI=1S/C10H15ClN2O3S2/c11-10-12-6-9(17-10)18(15,16)13-5-3-1-2-4-8(13)7-14/h6,8,14H,1-5,7H2. The van der Waals surface area contributed by atoms with Crippen molar-refractivity contribution in [3.05, 3.63) is 10.7 Å². The van der Waals surface area contributed by atoms with Crippen LogP contribution in [-0.4, -0.2) is 42.0 Å². The van der Waals surface area contributed by atoms with Crippen molar-refractivity contribution in [3.8, 4) is 0 Å². The lowest BCUT2D eigenvalue weighted by molar-refractivity contribution is 0.186. The molecule has 0 aliphatic carbocycles. The zero-order chi connectivity index (χ0) is 13.2. The molecule has 1 N–H and O–H groups in total. The van der Waals surface area contributed by atoms with E-state index in [9.17, 15) is 13.5 Å². The zero-order valence-electron chi connectivity index (χ0n) is 9.75. The molecule has 102 valence electrons. The van der Waals surface area contributed by atoms with Gasteiger partial charge in [-0.3, -0.25) is 0 Å². The van der Waals surface area contributed by atoms with E-state index < -0.39 is 10.0 Å². The number of halogens is 1. The highest BCUT2D eigenvalue weighted by Crippen LogP contribution is 2.29.